The van der Waals surface area contributed by atoms with Gasteiger partial charge in [-0.25, -0.2) is 4.39 Å². The molecule has 1 aliphatic rings. The van der Waals surface area contributed by atoms with Crippen LogP contribution in [0, 0.1) is 15.9 Å². The zero-order valence-electron chi connectivity index (χ0n) is 18.0. The van der Waals surface area contributed by atoms with Crippen LogP contribution in [0.25, 0.3) is 0 Å². The lowest BCUT2D eigenvalue weighted by Crippen LogP contribution is -2.47. The van der Waals surface area contributed by atoms with E-state index in [9.17, 15) is 24.1 Å². The van der Waals surface area contributed by atoms with Gasteiger partial charge in [-0.3, -0.25) is 24.6 Å². The summed E-state index contributed by atoms with van der Waals surface area (Å²) >= 11 is 11.4. The molecule has 0 unspecified atom stereocenters. The van der Waals surface area contributed by atoms with Gasteiger partial charge in [0.15, 0.2) is 12.4 Å². The van der Waals surface area contributed by atoms with Crippen LogP contribution >= 0.6 is 23.2 Å². The molecule has 1 fully saturated rings. The molecular formula is C22H22Cl2FN3O6. The van der Waals surface area contributed by atoms with Crippen molar-refractivity contribution in [2.45, 2.75) is 18.9 Å². The maximum atomic E-state index is 13.4. The molecule has 2 aromatic carbocycles. The molecule has 0 radical (unpaired) electrons. The average Bonchev–Trinajstić information content (AvgIpc) is 2.80. The van der Waals surface area contributed by atoms with E-state index in [0.29, 0.717) is 25.9 Å². The van der Waals surface area contributed by atoms with Crippen molar-refractivity contribution in [2.24, 2.45) is 0 Å². The van der Waals surface area contributed by atoms with Gasteiger partial charge in [0.05, 0.1) is 22.6 Å². The molecule has 1 saturated heterocycles. The fourth-order valence-corrected chi connectivity index (χ4v) is 3.71. The number of benzene rings is 2. The molecule has 0 bridgehead atoms. The first-order chi connectivity index (χ1) is 16.2. The van der Waals surface area contributed by atoms with Crippen molar-refractivity contribution >= 4 is 40.6 Å². The zero-order valence-corrected chi connectivity index (χ0v) is 19.5. The van der Waals surface area contributed by atoms with Crippen molar-refractivity contribution < 1.29 is 28.4 Å². The van der Waals surface area contributed by atoms with Gasteiger partial charge in [-0.05, 0) is 37.1 Å². The van der Waals surface area contributed by atoms with Crippen molar-refractivity contribution in [3.63, 3.8) is 0 Å². The lowest BCUT2D eigenvalue weighted by molar-refractivity contribution is -0.384. The molecule has 1 amide bonds. The molecule has 0 aromatic heterocycles. The highest BCUT2D eigenvalue weighted by atomic mass is 35.5. The second-order valence-electron chi connectivity index (χ2n) is 7.68. The smallest absolute Gasteiger partial charge is 0.291 e. The number of ether oxygens (including phenoxy) is 2. The highest BCUT2D eigenvalue weighted by Gasteiger charge is 2.22. The van der Waals surface area contributed by atoms with Gasteiger partial charge in [0, 0.05) is 25.2 Å². The number of likely N-dealkylation sites (tertiary alicyclic amines) is 1. The van der Waals surface area contributed by atoms with Crippen molar-refractivity contribution in [3.05, 3.63) is 62.4 Å². The number of rotatable bonds is 10. The molecule has 1 aliphatic heterocycles. The molecule has 0 saturated carbocycles. The number of nitro groups is 1. The SMILES string of the molecule is O=C(COc1ccc(Cl)c(F)c1)CN1CCC(NC(=O)COc2ccc(Cl)c([N+](=O)[O-])c2)CC1. The number of nitrogens with zero attached hydrogens (tertiary/aromatic N) is 2. The van der Waals surface area contributed by atoms with Gasteiger partial charge in [0.1, 0.15) is 28.9 Å². The summed E-state index contributed by atoms with van der Waals surface area (Å²) in [5.41, 5.74) is -0.299. The first kappa shape index (κ1) is 25.7. The van der Waals surface area contributed by atoms with Gasteiger partial charge in [-0.15, -0.1) is 0 Å². The summed E-state index contributed by atoms with van der Waals surface area (Å²) in [7, 11) is 0. The van der Waals surface area contributed by atoms with E-state index in [1.807, 2.05) is 4.90 Å². The Bertz CT molecular complexity index is 1060. The molecule has 182 valence electrons. The largest absolute Gasteiger partial charge is 0.486 e. The minimum Gasteiger partial charge on any atom is -0.486 e. The van der Waals surface area contributed by atoms with Crippen LogP contribution in [0.5, 0.6) is 11.5 Å². The standard InChI is InChI=1S/C22H22Cl2FN3O6/c23-18-3-1-16(9-20(18)25)33-12-15(29)11-27-7-5-14(6-8-27)26-22(30)13-34-17-2-4-19(24)21(10-17)28(31)32/h1-4,9-10,14H,5-8,11-13H2,(H,26,30). The van der Waals surface area contributed by atoms with Crippen molar-refractivity contribution in [1.29, 1.82) is 0 Å². The van der Waals surface area contributed by atoms with Crippen LogP contribution in [-0.4, -0.2) is 60.4 Å². The Kier molecular flexibility index (Phi) is 9.03. The van der Waals surface area contributed by atoms with E-state index < -0.39 is 10.7 Å². The minimum absolute atomic E-state index is 0.0162. The predicted molar refractivity (Wildman–Crippen MR) is 123 cm³/mol. The highest BCUT2D eigenvalue weighted by Crippen LogP contribution is 2.28. The van der Waals surface area contributed by atoms with E-state index in [1.54, 1.807) is 0 Å². The van der Waals surface area contributed by atoms with Crippen LogP contribution in [0.1, 0.15) is 12.8 Å². The van der Waals surface area contributed by atoms with Crippen LogP contribution in [0.3, 0.4) is 0 Å². The second kappa shape index (κ2) is 12.0. The molecule has 9 nitrogen and oxygen atoms in total. The summed E-state index contributed by atoms with van der Waals surface area (Å²) in [6.45, 7) is 0.931. The Morgan fingerprint density at radius 1 is 1.06 bits per heavy atom. The lowest BCUT2D eigenvalue weighted by Gasteiger charge is -2.31. The van der Waals surface area contributed by atoms with E-state index in [-0.39, 0.29) is 64.7 Å². The summed E-state index contributed by atoms with van der Waals surface area (Å²) in [4.78, 5) is 36.6. The molecule has 1 N–H and O–H groups in total. The maximum Gasteiger partial charge on any atom is 0.291 e. The number of nitrogens with one attached hydrogen (secondary N) is 1. The quantitative estimate of drug-likeness (QED) is 0.381. The van der Waals surface area contributed by atoms with Crippen molar-refractivity contribution in [2.75, 3.05) is 32.8 Å². The normalized spacial score (nSPS) is 14.4. The third kappa shape index (κ3) is 7.54. The van der Waals surface area contributed by atoms with Gasteiger partial charge >= 0.3 is 0 Å². The Labute approximate surface area is 204 Å². The molecule has 12 heteroatoms. The van der Waals surface area contributed by atoms with E-state index in [1.165, 1.54) is 24.3 Å². The Morgan fingerprint density at radius 3 is 2.32 bits per heavy atom. The van der Waals surface area contributed by atoms with E-state index in [0.717, 1.165) is 12.1 Å². The monoisotopic (exact) mass is 513 g/mol. The Balaban J connectivity index is 1.35. The average molecular weight is 514 g/mol. The number of amides is 1. The molecular weight excluding hydrogens is 492 g/mol. The van der Waals surface area contributed by atoms with Crippen molar-refractivity contribution in [3.8, 4) is 11.5 Å². The zero-order chi connectivity index (χ0) is 24.7. The maximum absolute atomic E-state index is 13.4. The minimum atomic E-state index is -0.628. The number of piperidine rings is 1. The number of hydrogen-bond acceptors (Lipinski definition) is 7. The molecule has 34 heavy (non-hydrogen) atoms. The van der Waals surface area contributed by atoms with Gasteiger partial charge in [-0.1, -0.05) is 23.2 Å². The van der Waals surface area contributed by atoms with Gasteiger partial charge in [-0.2, -0.15) is 0 Å². The summed E-state index contributed by atoms with van der Waals surface area (Å²) < 4.78 is 24.1. The van der Waals surface area contributed by atoms with Gasteiger partial charge in [0.25, 0.3) is 11.6 Å². The van der Waals surface area contributed by atoms with E-state index in [2.05, 4.69) is 5.32 Å². The third-order valence-electron chi connectivity index (χ3n) is 5.13. The topological polar surface area (TPSA) is 111 Å². The summed E-state index contributed by atoms with van der Waals surface area (Å²) in [6.07, 6.45) is 1.30. The molecule has 0 aliphatic carbocycles. The number of Topliss-reactive ketones (excluding diaryl/α,β-unsaturated/α-hetero) is 1. The van der Waals surface area contributed by atoms with Crippen LogP contribution in [0.2, 0.25) is 10.0 Å². The Hall–Kier alpha value is -2.95. The molecule has 3 rings (SSSR count). The predicted octanol–water partition coefficient (Wildman–Crippen LogP) is 3.65. The van der Waals surface area contributed by atoms with Crippen molar-refractivity contribution in [1.82, 2.24) is 10.2 Å². The van der Waals surface area contributed by atoms with Crippen LogP contribution in [0.15, 0.2) is 36.4 Å². The van der Waals surface area contributed by atoms with E-state index >= 15 is 0 Å². The van der Waals surface area contributed by atoms with Crippen LogP contribution in [-0.2, 0) is 9.59 Å². The lowest BCUT2D eigenvalue weighted by atomic mass is 10.0. The van der Waals surface area contributed by atoms with E-state index in [4.69, 9.17) is 32.7 Å². The van der Waals surface area contributed by atoms with Gasteiger partial charge in [0.2, 0.25) is 0 Å². The number of nitro benzene ring substituents is 1. The molecule has 0 spiro atoms. The summed E-state index contributed by atoms with van der Waals surface area (Å²) in [5, 5.41) is 13.8. The van der Waals surface area contributed by atoms with Crippen LogP contribution in [0.4, 0.5) is 10.1 Å². The Morgan fingerprint density at radius 2 is 1.68 bits per heavy atom. The number of halogens is 3. The first-order valence-electron chi connectivity index (χ1n) is 10.4. The summed E-state index contributed by atoms with van der Waals surface area (Å²) in [5.74, 6) is -0.718. The van der Waals surface area contributed by atoms with Crippen LogP contribution < -0.4 is 14.8 Å². The summed E-state index contributed by atoms with van der Waals surface area (Å²) in [6, 6.07) is 7.86. The second-order valence-corrected chi connectivity index (χ2v) is 8.49. The molecule has 0 atom stereocenters. The number of carbonyl (C=O) groups excluding carboxylic acids is 2. The fraction of sp³-hybridized carbons (Fsp3) is 0.364. The highest BCUT2D eigenvalue weighted by molar-refractivity contribution is 6.32. The fourth-order valence-electron chi connectivity index (χ4n) is 3.40. The first-order valence-corrected chi connectivity index (χ1v) is 11.1. The molecule has 1 heterocycles. The van der Waals surface area contributed by atoms with Gasteiger partial charge < -0.3 is 14.8 Å². The number of hydrogen-bond donors (Lipinski definition) is 1. The number of carbonyl (C=O) groups is 2. The number of ketones is 1. The molecule has 2 aromatic rings. The third-order valence-corrected chi connectivity index (χ3v) is 5.75.